The number of nitrogens with one attached hydrogen (secondary N) is 1. The number of methoxy groups -OCH3 is 1. The molecular formula is C23H19BrClFN2O3. The summed E-state index contributed by atoms with van der Waals surface area (Å²) in [6.45, 7) is 2.11. The lowest BCUT2D eigenvalue weighted by Gasteiger charge is -2.13. The van der Waals surface area contributed by atoms with Crippen molar-refractivity contribution in [1.29, 1.82) is 0 Å². The van der Waals surface area contributed by atoms with Gasteiger partial charge in [0.15, 0.2) is 11.5 Å². The molecule has 160 valence electrons. The first kappa shape index (κ1) is 22.8. The molecule has 31 heavy (non-hydrogen) atoms. The summed E-state index contributed by atoms with van der Waals surface area (Å²) in [6, 6.07) is 14.6. The average Bonchev–Trinajstić information content (AvgIpc) is 2.75. The number of amides is 1. The van der Waals surface area contributed by atoms with Crippen LogP contribution in [0.2, 0.25) is 5.02 Å². The molecule has 5 nitrogen and oxygen atoms in total. The van der Waals surface area contributed by atoms with Crippen LogP contribution in [0.15, 0.2) is 64.2 Å². The Bertz CT molecular complexity index is 1120. The number of aryl methyl sites for hydroxylation is 1. The molecule has 0 unspecified atom stereocenters. The summed E-state index contributed by atoms with van der Waals surface area (Å²) in [5.41, 5.74) is 5.27. The van der Waals surface area contributed by atoms with E-state index in [1.807, 2.05) is 6.92 Å². The smallest absolute Gasteiger partial charge is 0.271 e. The van der Waals surface area contributed by atoms with Crippen LogP contribution >= 0.6 is 27.5 Å². The Labute approximate surface area is 193 Å². The van der Waals surface area contributed by atoms with E-state index < -0.39 is 0 Å². The molecule has 3 aromatic rings. The zero-order valence-electron chi connectivity index (χ0n) is 16.8. The minimum atomic E-state index is -0.372. The van der Waals surface area contributed by atoms with Crippen molar-refractivity contribution in [2.75, 3.05) is 7.11 Å². The normalized spacial score (nSPS) is 10.9. The Balaban J connectivity index is 1.69. The van der Waals surface area contributed by atoms with E-state index in [2.05, 4.69) is 26.5 Å². The fourth-order valence-corrected chi connectivity index (χ4v) is 3.41. The number of carbonyl (C=O) groups excluding carboxylic acids is 1. The first-order chi connectivity index (χ1) is 14.9. The number of benzene rings is 3. The molecule has 0 fully saturated rings. The summed E-state index contributed by atoms with van der Waals surface area (Å²) in [7, 11) is 1.52. The topological polar surface area (TPSA) is 59.9 Å². The van der Waals surface area contributed by atoms with Crippen LogP contribution in [0.25, 0.3) is 0 Å². The standard InChI is InChI=1S/C23H19BrClFN2O3/c1-14-3-6-17(11-20(14)25)23(29)28-27-12-16-9-19(24)22(21(10-16)30-2)31-13-15-4-7-18(26)8-5-15/h3-12H,13H2,1-2H3,(H,28,29)/b27-12-. The molecule has 0 aliphatic heterocycles. The van der Waals surface area contributed by atoms with Gasteiger partial charge in [-0.25, -0.2) is 9.82 Å². The minimum Gasteiger partial charge on any atom is -0.493 e. The Kier molecular flexibility index (Phi) is 7.65. The van der Waals surface area contributed by atoms with Crippen LogP contribution in [-0.4, -0.2) is 19.2 Å². The van der Waals surface area contributed by atoms with Crippen molar-refractivity contribution in [1.82, 2.24) is 5.43 Å². The van der Waals surface area contributed by atoms with Crippen LogP contribution in [-0.2, 0) is 6.61 Å². The number of nitrogens with zero attached hydrogens (tertiary/aromatic N) is 1. The van der Waals surface area contributed by atoms with Crippen LogP contribution in [0, 0.1) is 12.7 Å². The number of ether oxygens (including phenoxy) is 2. The number of rotatable bonds is 7. The highest BCUT2D eigenvalue weighted by atomic mass is 79.9. The predicted molar refractivity (Wildman–Crippen MR) is 123 cm³/mol. The molecule has 0 spiro atoms. The monoisotopic (exact) mass is 504 g/mol. The van der Waals surface area contributed by atoms with Gasteiger partial charge in [-0.1, -0.05) is 29.8 Å². The first-order valence-corrected chi connectivity index (χ1v) is 10.4. The third-order valence-corrected chi connectivity index (χ3v) is 5.36. The SMILES string of the molecule is COc1cc(/C=N\NC(=O)c2ccc(C)c(Cl)c2)cc(Br)c1OCc1ccc(F)cc1. The molecule has 0 aliphatic carbocycles. The Morgan fingerprint density at radius 1 is 1.19 bits per heavy atom. The Hall–Kier alpha value is -2.90. The van der Waals surface area contributed by atoms with E-state index in [1.54, 1.807) is 42.5 Å². The number of carbonyl (C=O) groups is 1. The second-order valence-corrected chi connectivity index (χ2v) is 7.87. The van der Waals surface area contributed by atoms with Crippen molar-refractivity contribution in [3.05, 3.63) is 92.2 Å². The summed E-state index contributed by atoms with van der Waals surface area (Å²) in [5.74, 6) is 0.309. The van der Waals surface area contributed by atoms with E-state index in [4.69, 9.17) is 21.1 Å². The highest BCUT2D eigenvalue weighted by Crippen LogP contribution is 2.36. The number of halogens is 3. The number of hydrogen-bond donors (Lipinski definition) is 1. The maximum Gasteiger partial charge on any atom is 0.271 e. The highest BCUT2D eigenvalue weighted by molar-refractivity contribution is 9.10. The van der Waals surface area contributed by atoms with Crippen molar-refractivity contribution < 1.29 is 18.7 Å². The van der Waals surface area contributed by atoms with Crippen molar-refractivity contribution in [2.24, 2.45) is 5.10 Å². The van der Waals surface area contributed by atoms with Crippen molar-refractivity contribution in [2.45, 2.75) is 13.5 Å². The fourth-order valence-electron chi connectivity index (χ4n) is 2.65. The predicted octanol–water partition coefficient (Wildman–Crippen LogP) is 5.90. The van der Waals surface area contributed by atoms with E-state index in [0.29, 0.717) is 32.1 Å². The lowest BCUT2D eigenvalue weighted by Crippen LogP contribution is -2.17. The molecule has 0 bridgehead atoms. The molecular weight excluding hydrogens is 487 g/mol. The van der Waals surface area contributed by atoms with E-state index in [-0.39, 0.29) is 18.3 Å². The molecule has 0 aliphatic rings. The zero-order chi connectivity index (χ0) is 22.4. The van der Waals surface area contributed by atoms with Crippen molar-refractivity contribution in [3.8, 4) is 11.5 Å². The lowest BCUT2D eigenvalue weighted by molar-refractivity contribution is 0.0955. The van der Waals surface area contributed by atoms with Crippen molar-refractivity contribution in [3.63, 3.8) is 0 Å². The number of hydrazone groups is 1. The van der Waals surface area contributed by atoms with Gasteiger partial charge in [-0.2, -0.15) is 5.10 Å². The van der Waals surface area contributed by atoms with Crippen LogP contribution in [0.3, 0.4) is 0 Å². The van der Waals surface area contributed by atoms with Crippen LogP contribution in [0.1, 0.15) is 27.0 Å². The highest BCUT2D eigenvalue weighted by Gasteiger charge is 2.12. The molecule has 3 rings (SSSR count). The maximum atomic E-state index is 13.0. The molecule has 0 aromatic heterocycles. The van der Waals surface area contributed by atoms with Gasteiger partial charge in [-0.3, -0.25) is 4.79 Å². The molecule has 0 heterocycles. The van der Waals surface area contributed by atoms with E-state index in [9.17, 15) is 9.18 Å². The van der Waals surface area contributed by atoms with Gasteiger partial charge in [-0.15, -0.1) is 0 Å². The van der Waals surface area contributed by atoms with Gasteiger partial charge in [0.25, 0.3) is 5.91 Å². The van der Waals surface area contributed by atoms with Gasteiger partial charge < -0.3 is 9.47 Å². The second-order valence-electron chi connectivity index (χ2n) is 6.61. The zero-order valence-corrected chi connectivity index (χ0v) is 19.1. The molecule has 3 aromatic carbocycles. The number of hydrogen-bond acceptors (Lipinski definition) is 4. The second kappa shape index (κ2) is 10.4. The maximum absolute atomic E-state index is 13.0. The van der Waals surface area contributed by atoms with E-state index in [1.165, 1.54) is 25.5 Å². The largest absolute Gasteiger partial charge is 0.493 e. The molecule has 0 atom stereocenters. The summed E-state index contributed by atoms with van der Waals surface area (Å²) < 4.78 is 24.9. The van der Waals surface area contributed by atoms with Crippen LogP contribution in [0.4, 0.5) is 4.39 Å². The first-order valence-electron chi connectivity index (χ1n) is 9.21. The molecule has 0 saturated heterocycles. The summed E-state index contributed by atoms with van der Waals surface area (Å²) in [6.07, 6.45) is 1.49. The molecule has 1 N–H and O–H groups in total. The van der Waals surface area contributed by atoms with Gasteiger partial charge in [-0.05, 0) is 75.9 Å². The van der Waals surface area contributed by atoms with Crippen LogP contribution < -0.4 is 14.9 Å². The molecule has 1 amide bonds. The molecule has 8 heteroatoms. The molecule has 0 radical (unpaired) electrons. The van der Waals surface area contributed by atoms with Gasteiger partial charge >= 0.3 is 0 Å². The molecule has 0 saturated carbocycles. The van der Waals surface area contributed by atoms with Crippen LogP contribution in [0.5, 0.6) is 11.5 Å². The van der Waals surface area contributed by atoms with Gasteiger partial charge in [0.05, 0.1) is 17.8 Å². The quantitative estimate of drug-likeness (QED) is 0.321. The van der Waals surface area contributed by atoms with Gasteiger partial charge in [0.1, 0.15) is 12.4 Å². The van der Waals surface area contributed by atoms with Gasteiger partial charge in [0.2, 0.25) is 0 Å². The third-order valence-electron chi connectivity index (χ3n) is 4.36. The summed E-state index contributed by atoms with van der Waals surface area (Å²) >= 11 is 9.53. The summed E-state index contributed by atoms with van der Waals surface area (Å²) in [4.78, 5) is 12.2. The Morgan fingerprint density at radius 3 is 2.61 bits per heavy atom. The third kappa shape index (κ3) is 6.06. The van der Waals surface area contributed by atoms with E-state index in [0.717, 1.165) is 11.1 Å². The van der Waals surface area contributed by atoms with Gasteiger partial charge in [0, 0.05) is 10.6 Å². The summed E-state index contributed by atoms with van der Waals surface area (Å²) in [5, 5.41) is 4.51. The van der Waals surface area contributed by atoms with E-state index >= 15 is 0 Å². The average molecular weight is 506 g/mol. The fraction of sp³-hybridized carbons (Fsp3) is 0.130. The minimum absolute atomic E-state index is 0.248. The van der Waals surface area contributed by atoms with Crippen molar-refractivity contribution >= 4 is 39.7 Å². The Morgan fingerprint density at radius 2 is 1.94 bits per heavy atom. The lowest BCUT2D eigenvalue weighted by atomic mass is 10.1.